The average Bonchev–Trinajstić information content (AvgIpc) is 2.41. The van der Waals surface area contributed by atoms with E-state index in [0.717, 1.165) is 25.8 Å². The number of nitrogens with one attached hydrogen (secondary N) is 2. The zero-order valence-corrected chi connectivity index (χ0v) is 10.9. The number of benzene rings is 1. The van der Waals surface area contributed by atoms with Crippen molar-refractivity contribution in [1.82, 2.24) is 5.32 Å². The Morgan fingerprint density at radius 3 is 2.89 bits per heavy atom. The summed E-state index contributed by atoms with van der Waals surface area (Å²) in [5.74, 6) is -0.170. The largest absolute Gasteiger partial charge is 0.324 e. The van der Waals surface area contributed by atoms with Crippen LogP contribution >= 0.6 is 11.6 Å². The number of carbonyl (C=O) groups is 1. The van der Waals surface area contributed by atoms with E-state index in [1.807, 2.05) is 0 Å². The number of amides is 1. The lowest BCUT2D eigenvalue weighted by atomic mass is 10.0. The van der Waals surface area contributed by atoms with E-state index in [1.165, 1.54) is 12.1 Å². The lowest BCUT2D eigenvalue weighted by Crippen LogP contribution is -2.43. The second kappa shape index (κ2) is 5.99. The molecule has 6 nitrogen and oxygen atoms in total. The number of halogens is 1. The Morgan fingerprint density at radius 2 is 2.26 bits per heavy atom. The van der Waals surface area contributed by atoms with E-state index >= 15 is 0 Å². The fourth-order valence-electron chi connectivity index (χ4n) is 2.04. The highest BCUT2D eigenvalue weighted by Crippen LogP contribution is 2.27. The maximum absolute atomic E-state index is 12.0. The molecule has 1 fully saturated rings. The Balaban J connectivity index is 2.08. The first kappa shape index (κ1) is 13.8. The van der Waals surface area contributed by atoms with Crippen LogP contribution in [-0.4, -0.2) is 23.4 Å². The van der Waals surface area contributed by atoms with Crippen molar-refractivity contribution in [3.63, 3.8) is 0 Å². The number of piperidine rings is 1. The van der Waals surface area contributed by atoms with Crippen LogP contribution in [0.2, 0.25) is 5.02 Å². The molecule has 1 saturated heterocycles. The minimum absolute atomic E-state index is 0.0544. The third kappa shape index (κ3) is 3.42. The van der Waals surface area contributed by atoms with Crippen molar-refractivity contribution >= 4 is 28.9 Å². The Kier molecular flexibility index (Phi) is 4.34. The third-order valence-corrected chi connectivity index (χ3v) is 3.36. The summed E-state index contributed by atoms with van der Waals surface area (Å²) in [5.41, 5.74) is 0.171. The van der Waals surface area contributed by atoms with E-state index in [9.17, 15) is 14.9 Å². The molecule has 0 aliphatic carbocycles. The molecule has 2 rings (SSSR count). The van der Waals surface area contributed by atoms with Gasteiger partial charge in [0.1, 0.15) is 5.02 Å². The fraction of sp³-hybridized carbons (Fsp3) is 0.417. The van der Waals surface area contributed by atoms with Gasteiger partial charge >= 0.3 is 0 Å². The van der Waals surface area contributed by atoms with Gasteiger partial charge in [0.15, 0.2) is 0 Å². The number of anilines is 1. The highest BCUT2D eigenvalue weighted by atomic mass is 35.5. The number of nitrogens with zero attached hydrogens (tertiary/aromatic N) is 1. The molecule has 1 atom stereocenters. The molecular formula is C12H14ClN3O3. The van der Waals surface area contributed by atoms with Gasteiger partial charge in [-0.05, 0) is 31.5 Å². The maximum atomic E-state index is 12.0. The Bertz CT molecular complexity index is 501. The predicted molar refractivity (Wildman–Crippen MR) is 72.4 cm³/mol. The lowest BCUT2D eigenvalue weighted by Gasteiger charge is -2.22. The van der Waals surface area contributed by atoms with E-state index in [2.05, 4.69) is 10.6 Å². The molecule has 7 heteroatoms. The molecule has 1 aromatic rings. The molecule has 0 radical (unpaired) electrons. The summed E-state index contributed by atoms with van der Waals surface area (Å²) < 4.78 is 0. The number of nitro groups is 1. The standard InChI is InChI=1S/C12H14ClN3O3/c13-9-5-4-8(7-11(9)16(18)19)15-12(17)10-3-1-2-6-14-10/h4-5,7,10,14H,1-3,6H2,(H,15,17)/t10-/m1/s1. The van der Waals surface area contributed by atoms with Crippen LogP contribution in [0.4, 0.5) is 11.4 Å². The molecule has 0 unspecified atom stereocenters. The van der Waals surface area contributed by atoms with Crippen molar-refractivity contribution in [3.05, 3.63) is 33.3 Å². The lowest BCUT2D eigenvalue weighted by molar-refractivity contribution is -0.384. The quantitative estimate of drug-likeness (QED) is 0.659. The fourth-order valence-corrected chi connectivity index (χ4v) is 2.22. The van der Waals surface area contributed by atoms with Gasteiger partial charge in [-0.15, -0.1) is 0 Å². The minimum Gasteiger partial charge on any atom is -0.324 e. The van der Waals surface area contributed by atoms with Gasteiger partial charge in [-0.25, -0.2) is 0 Å². The molecule has 1 aromatic carbocycles. The molecule has 2 N–H and O–H groups in total. The zero-order valence-electron chi connectivity index (χ0n) is 10.2. The van der Waals surface area contributed by atoms with Crippen LogP contribution in [0.15, 0.2) is 18.2 Å². The molecule has 1 heterocycles. The van der Waals surface area contributed by atoms with Crippen molar-refractivity contribution in [3.8, 4) is 0 Å². The number of hydrogen-bond acceptors (Lipinski definition) is 4. The number of hydrogen-bond donors (Lipinski definition) is 2. The van der Waals surface area contributed by atoms with E-state index in [0.29, 0.717) is 5.69 Å². The first-order valence-corrected chi connectivity index (χ1v) is 6.44. The summed E-state index contributed by atoms with van der Waals surface area (Å²) in [5, 5.41) is 16.6. The summed E-state index contributed by atoms with van der Waals surface area (Å²) in [6, 6.07) is 3.99. The van der Waals surface area contributed by atoms with E-state index in [-0.39, 0.29) is 22.7 Å². The van der Waals surface area contributed by atoms with Crippen LogP contribution < -0.4 is 10.6 Å². The Hall–Kier alpha value is -1.66. The summed E-state index contributed by atoms with van der Waals surface area (Å²) >= 11 is 5.71. The molecule has 1 aliphatic rings. The molecule has 0 spiro atoms. The van der Waals surface area contributed by atoms with Crippen molar-refractivity contribution in [2.75, 3.05) is 11.9 Å². The zero-order chi connectivity index (χ0) is 13.8. The van der Waals surface area contributed by atoms with E-state index in [1.54, 1.807) is 6.07 Å². The third-order valence-electron chi connectivity index (χ3n) is 3.04. The second-order valence-corrected chi connectivity index (χ2v) is 4.82. The summed E-state index contributed by atoms with van der Waals surface area (Å²) in [6.07, 6.45) is 2.85. The monoisotopic (exact) mass is 283 g/mol. The van der Waals surface area contributed by atoms with Gasteiger partial charge < -0.3 is 10.6 Å². The molecule has 1 aliphatic heterocycles. The van der Waals surface area contributed by atoms with Crippen molar-refractivity contribution < 1.29 is 9.72 Å². The van der Waals surface area contributed by atoms with Gasteiger partial charge in [-0.2, -0.15) is 0 Å². The molecule has 1 amide bonds. The van der Waals surface area contributed by atoms with Crippen LogP contribution in [0.25, 0.3) is 0 Å². The second-order valence-electron chi connectivity index (χ2n) is 4.42. The van der Waals surface area contributed by atoms with Gasteiger partial charge in [0, 0.05) is 11.8 Å². The highest BCUT2D eigenvalue weighted by Gasteiger charge is 2.21. The average molecular weight is 284 g/mol. The molecular weight excluding hydrogens is 270 g/mol. The van der Waals surface area contributed by atoms with E-state index in [4.69, 9.17) is 11.6 Å². The van der Waals surface area contributed by atoms with Gasteiger partial charge in [0.2, 0.25) is 5.91 Å². The SMILES string of the molecule is O=C(Nc1ccc(Cl)c([N+](=O)[O-])c1)[C@H]1CCCCN1. The Labute approximate surface area is 115 Å². The van der Waals surface area contributed by atoms with Gasteiger partial charge in [-0.1, -0.05) is 18.0 Å². The van der Waals surface area contributed by atoms with Crippen molar-refractivity contribution in [1.29, 1.82) is 0 Å². The first-order valence-electron chi connectivity index (χ1n) is 6.06. The normalized spacial score (nSPS) is 18.9. The summed E-state index contributed by atoms with van der Waals surface area (Å²) in [6.45, 7) is 0.818. The van der Waals surface area contributed by atoms with Gasteiger partial charge in [-0.3, -0.25) is 14.9 Å². The van der Waals surface area contributed by atoms with E-state index < -0.39 is 4.92 Å². The van der Waals surface area contributed by atoms with Crippen LogP contribution in [0.1, 0.15) is 19.3 Å². The highest BCUT2D eigenvalue weighted by molar-refractivity contribution is 6.32. The van der Waals surface area contributed by atoms with Crippen molar-refractivity contribution in [2.45, 2.75) is 25.3 Å². The molecule has 102 valence electrons. The Morgan fingerprint density at radius 1 is 1.47 bits per heavy atom. The van der Waals surface area contributed by atoms with Crippen LogP contribution in [0.5, 0.6) is 0 Å². The molecule has 0 aromatic heterocycles. The molecule has 0 saturated carbocycles. The maximum Gasteiger partial charge on any atom is 0.289 e. The smallest absolute Gasteiger partial charge is 0.289 e. The van der Waals surface area contributed by atoms with Gasteiger partial charge in [0.05, 0.1) is 11.0 Å². The molecule has 0 bridgehead atoms. The predicted octanol–water partition coefficient (Wildman–Crippen LogP) is 2.33. The summed E-state index contributed by atoms with van der Waals surface area (Å²) in [4.78, 5) is 22.1. The van der Waals surface area contributed by atoms with Gasteiger partial charge in [0.25, 0.3) is 5.69 Å². The first-order chi connectivity index (χ1) is 9.08. The molecule has 19 heavy (non-hydrogen) atoms. The summed E-state index contributed by atoms with van der Waals surface area (Å²) in [7, 11) is 0. The minimum atomic E-state index is -0.573. The number of nitro benzene ring substituents is 1. The van der Waals surface area contributed by atoms with Crippen LogP contribution in [-0.2, 0) is 4.79 Å². The van der Waals surface area contributed by atoms with Crippen LogP contribution in [0.3, 0.4) is 0 Å². The number of rotatable bonds is 3. The number of carbonyl (C=O) groups excluding carboxylic acids is 1. The van der Waals surface area contributed by atoms with Crippen molar-refractivity contribution in [2.24, 2.45) is 0 Å². The topological polar surface area (TPSA) is 84.3 Å². The van der Waals surface area contributed by atoms with Crippen LogP contribution in [0, 0.1) is 10.1 Å².